The van der Waals surface area contributed by atoms with Crippen LogP contribution in [0, 0.1) is 0 Å². The van der Waals surface area contributed by atoms with Crippen molar-refractivity contribution in [2.24, 2.45) is 0 Å². The molecule has 3 nitrogen and oxygen atoms in total. The van der Waals surface area contributed by atoms with Crippen molar-refractivity contribution < 1.29 is 9.47 Å². The van der Waals surface area contributed by atoms with Gasteiger partial charge in [-0.05, 0) is 24.9 Å². The molecule has 0 spiro atoms. The van der Waals surface area contributed by atoms with Crippen LogP contribution in [0.15, 0.2) is 18.2 Å². The first-order valence-electron chi connectivity index (χ1n) is 8.34. The Balaban J connectivity index is 1.99. The maximum atomic E-state index is 6.09. The van der Waals surface area contributed by atoms with Gasteiger partial charge in [-0.15, -0.1) is 0 Å². The lowest BCUT2D eigenvalue weighted by Gasteiger charge is -2.43. The first kappa shape index (κ1) is 14.9. The second-order valence-electron chi connectivity index (χ2n) is 6.25. The van der Waals surface area contributed by atoms with E-state index in [9.17, 15) is 0 Å². The normalized spacial score (nSPS) is 21.6. The highest BCUT2D eigenvalue weighted by Crippen LogP contribution is 2.45. The van der Waals surface area contributed by atoms with Gasteiger partial charge in [0.25, 0.3) is 0 Å². The third kappa shape index (κ3) is 2.69. The second-order valence-corrected chi connectivity index (χ2v) is 6.25. The molecule has 1 N–H and O–H groups in total. The SMILES string of the molecule is CCNC(c1cccc2c1OCC2)C1(OC)CCCCC1. The molecular weight excluding hydrogens is 262 g/mol. The summed E-state index contributed by atoms with van der Waals surface area (Å²) >= 11 is 0. The molecule has 1 aliphatic heterocycles. The Morgan fingerprint density at radius 1 is 1.29 bits per heavy atom. The number of hydrogen-bond acceptors (Lipinski definition) is 3. The van der Waals surface area contributed by atoms with E-state index in [0.717, 1.165) is 38.2 Å². The molecule has 1 aliphatic carbocycles. The van der Waals surface area contributed by atoms with Gasteiger partial charge in [0.2, 0.25) is 0 Å². The molecule has 3 heteroatoms. The molecule has 2 aliphatic rings. The molecule has 1 aromatic rings. The summed E-state index contributed by atoms with van der Waals surface area (Å²) < 4.78 is 12.0. The van der Waals surface area contributed by atoms with E-state index in [-0.39, 0.29) is 11.6 Å². The largest absolute Gasteiger partial charge is 0.493 e. The van der Waals surface area contributed by atoms with Gasteiger partial charge >= 0.3 is 0 Å². The van der Waals surface area contributed by atoms with Gasteiger partial charge in [-0.3, -0.25) is 0 Å². The third-order valence-electron chi connectivity index (χ3n) is 5.10. The topological polar surface area (TPSA) is 30.5 Å². The van der Waals surface area contributed by atoms with Gasteiger partial charge in [-0.25, -0.2) is 0 Å². The van der Waals surface area contributed by atoms with Crippen molar-refractivity contribution >= 4 is 0 Å². The van der Waals surface area contributed by atoms with E-state index in [0.29, 0.717) is 0 Å². The van der Waals surface area contributed by atoms with Crippen LogP contribution in [-0.4, -0.2) is 25.9 Å². The molecule has 1 fully saturated rings. The number of rotatable bonds is 5. The third-order valence-corrected chi connectivity index (χ3v) is 5.10. The zero-order valence-electron chi connectivity index (χ0n) is 13.3. The molecule has 0 amide bonds. The molecule has 0 bridgehead atoms. The van der Waals surface area contributed by atoms with Crippen LogP contribution < -0.4 is 10.1 Å². The summed E-state index contributed by atoms with van der Waals surface area (Å²) in [5, 5.41) is 3.69. The number of nitrogens with one attached hydrogen (secondary N) is 1. The van der Waals surface area contributed by atoms with E-state index in [1.54, 1.807) is 0 Å². The Morgan fingerprint density at radius 2 is 2.10 bits per heavy atom. The van der Waals surface area contributed by atoms with Crippen LogP contribution in [0.1, 0.15) is 56.2 Å². The molecule has 0 radical (unpaired) electrons. The van der Waals surface area contributed by atoms with E-state index in [4.69, 9.17) is 9.47 Å². The average Bonchev–Trinajstić information content (AvgIpc) is 3.02. The highest BCUT2D eigenvalue weighted by atomic mass is 16.5. The number of hydrogen-bond donors (Lipinski definition) is 1. The number of benzene rings is 1. The van der Waals surface area contributed by atoms with Gasteiger partial charge in [0.05, 0.1) is 18.2 Å². The summed E-state index contributed by atoms with van der Waals surface area (Å²) in [4.78, 5) is 0. The minimum atomic E-state index is -0.0880. The highest BCUT2D eigenvalue weighted by molar-refractivity contribution is 5.46. The minimum Gasteiger partial charge on any atom is -0.493 e. The molecule has 1 unspecified atom stereocenters. The molecule has 1 saturated carbocycles. The van der Waals surface area contributed by atoms with Gasteiger partial charge in [-0.1, -0.05) is 44.4 Å². The fourth-order valence-electron chi connectivity index (χ4n) is 4.01. The fourth-order valence-corrected chi connectivity index (χ4v) is 4.01. The molecule has 0 aromatic heterocycles. The summed E-state index contributed by atoms with van der Waals surface area (Å²) in [5.74, 6) is 1.10. The zero-order valence-corrected chi connectivity index (χ0v) is 13.3. The van der Waals surface area contributed by atoms with Crippen molar-refractivity contribution in [2.75, 3.05) is 20.3 Å². The molecule has 116 valence electrons. The first-order chi connectivity index (χ1) is 10.3. The van der Waals surface area contributed by atoms with E-state index >= 15 is 0 Å². The Kier molecular flexibility index (Phi) is 4.51. The smallest absolute Gasteiger partial charge is 0.127 e. The van der Waals surface area contributed by atoms with Gasteiger partial charge < -0.3 is 14.8 Å². The van der Waals surface area contributed by atoms with Crippen LogP contribution in [0.4, 0.5) is 0 Å². The Labute approximate surface area is 128 Å². The molecular formula is C18H27NO2. The van der Waals surface area contributed by atoms with E-state index in [1.807, 2.05) is 7.11 Å². The summed E-state index contributed by atoms with van der Waals surface area (Å²) in [5.41, 5.74) is 2.54. The minimum absolute atomic E-state index is 0.0880. The molecule has 1 aromatic carbocycles. The number of ether oxygens (including phenoxy) is 2. The lowest BCUT2D eigenvalue weighted by molar-refractivity contribution is -0.0688. The van der Waals surface area contributed by atoms with Gasteiger partial charge in [-0.2, -0.15) is 0 Å². The van der Waals surface area contributed by atoms with Crippen molar-refractivity contribution in [3.8, 4) is 5.75 Å². The van der Waals surface area contributed by atoms with Crippen molar-refractivity contribution in [1.29, 1.82) is 0 Å². The van der Waals surface area contributed by atoms with Gasteiger partial charge in [0.15, 0.2) is 0 Å². The average molecular weight is 289 g/mol. The summed E-state index contributed by atoms with van der Waals surface area (Å²) in [6.45, 7) is 3.92. The predicted octanol–water partition coefficient (Wildman–Crippen LogP) is 3.62. The standard InChI is InChI=1S/C18H27NO2/c1-3-19-17(18(20-2)11-5-4-6-12-18)15-9-7-8-14-10-13-21-16(14)15/h7-9,17,19H,3-6,10-13H2,1-2H3. The Hall–Kier alpha value is -1.06. The fraction of sp³-hybridized carbons (Fsp3) is 0.667. The molecule has 1 heterocycles. The Bertz CT molecular complexity index is 480. The number of likely N-dealkylation sites (N-methyl/N-ethyl adjacent to an activating group) is 1. The maximum Gasteiger partial charge on any atom is 0.127 e. The lowest BCUT2D eigenvalue weighted by Crippen LogP contribution is -2.47. The van der Waals surface area contributed by atoms with Crippen molar-refractivity contribution in [1.82, 2.24) is 5.32 Å². The van der Waals surface area contributed by atoms with Crippen molar-refractivity contribution in [2.45, 2.75) is 57.1 Å². The van der Waals surface area contributed by atoms with Gasteiger partial charge in [0.1, 0.15) is 5.75 Å². The molecule has 1 atom stereocenters. The Morgan fingerprint density at radius 3 is 2.81 bits per heavy atom. The zero-order chi connectivity index (χ0) is 14.7. The number of para-hydroxylation sites is 1. The number of methoxy groups -OCH3 is 1. The van der Waals surface area contributed by atoms with Crippen molar-refractivity contribution in [3.05, 3.63) is 29.3 Å². The van der Waals surface area contributed by atoms with Gasteiger partial charge in [0, 0.05) is 19.1 Å². The quantitative estimate of drug-likeness (QED) is 0.898. The molecule has 3 rings (SSSR count). The van der Waals surface area contributed by atoms with E-state index in [1.165, 1.54) is 30.4 Å². The monoisotopic (exact) mass is 289 g/mol. The number of fused-ring (bicyclic) bond motifs is 1. The molecule has 0 saturated heterocycles. The second kappa shape index (κ2) is 6.37. The summed E-state index contributed by atoms with van der Waals surface area (Å²) in [6, 6.07) is 6.79. The first-order valence-corrected chi connectivity index (χ1v) is 8.34. The van der Waals surface area contributed by atoms with Crippen LogP contribution in [-0.2, 0) is 11.2 Å². The summed E-state index contributed by atoms with van der Waals surface area (Å²) in [6.07, 6.45) is 7.13. The van der Waals surface area contributed by atoms with Crippen LogP contribution >= 0.6 is 0 Å². The molecule has 21 heavy (non-hydrogen) atoms. The highest BCUT2D eigenvalue weighted by Gasteiger charge is 2.42. The van der Waals surface area contributed by atoms with Crippen LogP contribution in [0.5, 0.6) is 5.75 Å². The maximum absolute atomic E-state index is 6.09. The van der Waals surface area contributed by atoms with E-state index < -0.39 is 0 Å². The van der Waals surface area contributed by atoms with Crippen LogP contribution in [0.25, 0.3) is 0 Å². The predicted molar refractivity (Wildman–Crippen MR) is 84.9 cm³/mol. The van der Waals surface area contributed by atoms with Crippen LogP contribution in [0.3, 0.4) is 0 Å². The van der Waals surface area contributed by atoms with Crippen molar-refractivity contribution in [3.63, 3.8) is 0 Å². The summed E-state index contributed by atoms with van der Waals surface area (Å²) in [7, 11) is 1.87. The lowest BCUT2D eigenvalue weighted by atomic mass is 9.76. The van der Waals surface area contributed by atoms with E-state index in [2.05, 4.69) is 30.4 Å². The van der Waals surface area contributed by atoms with Crippen LogP contribution in [0.2, 0.25) is 0 Å².